The van der Waals surface area contributed by atoms with Crippen LogP contribution in [0.1, 0.15) is 232 Å². The van der Waals surface area contributed by atoms with Crippen molar-refractivity contribution in [3.63, 3.8) is 0 Å². The first kappa shape index (κ1) is 67.5. The number of ether oxygens (including phenoxy) is 4. The Hall–Kier alpha value is -3.53. The third kappa shape index (κ3) is 54.1. The van der Waals surface area contributed by atoms with Gasteiger partial charge < -0.3 is 28.5 Å². The maximum Gasteiger partial charge on any atom is 0.361 e. The lowest BCUT2D eigenvalue weighted by Gasteiger charge is -2.25. The molecule has 0 aromatic heterocycles. The van der Waals surface area contributed by atoms with E-state index in [4.69, 9.17) is 18.9 Å². The van der Waals surface area contributed by atoms with Crippen molar-refractivity contribution in [1.82, 2.24) is 0 Å². The summed E-state index contributed by atoms with van der Waals surface area (Å²) in [4.78, 5) is 37.4. The van der Waals surface area contributed by atoms with Gasteiger partial charge in [-0.25, -0.2) is 4.79 Å². The molecular weight excluding hydrogens is 887 g/mol. The van der Waals surface area contributed by atoms with Crippen LogP contribution in [0.15, 0.2) is 85.1 Å². The Kier molecular flexibility index (Phi) is 50.2. The number of carboxylic acid groups (broad SMARTS) is 1. The van der Waals surface area contributed by atoms with Gasteiger partial charge in [0.25, 0.3) is 6.29 Å². The van der Waals surface area contributed by atoms with Crippen LogP contribution in [0.2, 0.25) is 0 Å². The van der Waals surface area contributed by atoms with Crippen molar-refractivity contribution >= 4 is 17.9 Å². The summed E-state index contributed by atoms with van der Waals surface area (Å²) in [5, 5.41) is 9.69. The van der Waals surface area contributed by atoms with Crippen LogP contribution in [0, 0.1) is 0 Å². The Balaban J connectivity index is 4.22. The van der Waals surface area contributed by atoms with E-state index in [1.54, 1.807) is 0 Å². The number of nitrogens with zero attached hydrogens (tertiary/aromatic N) is 1. The molecule has 1 N–H and O–H groups in total. The minimum Gasteiger partial charge on any atom is -0.477 e. The summed E-state index contributed by atoms with van der Waals surface area (Å²) in [5.41, 5.74) is 0. The molecule has 408 valence electrons. The number of allylic oxidation sites excluding steroid dienone is 14. The second kappa shape index (κ2) is 52.8. The lowest BCUT2D eigenvalue weighted by Crippen LogP contribution is -2.40. The highest BCUT2D eigenvalue weighted by Crippen LogP contribution is 2.15. The van der Waals surface area contributed by atoms with Gasteiger partial charge in [-0.1, -0.05) is 214 Å². The SMILES string of the molecule is CC/C=C\C/C=C\C/C=C\C/C=C\CCCCCCC(=O)OC(COC(=O)CCCCCCCCCCCCCCCC/C=C\C/C=C\C/C=C\CCCCCCC)COC(OCC[N+](C)(C)C)C(=O)O. The molecule has 2 atom stereocenters. The highest BCUT2D eigenvalue weighted by atomic mass is 16.7. The monoisotopic (exact) mass is 995 g/mol. The van der Waals surface area contributed by atoms with E-state index in [0.29, 0.717) is 23.9 Å². The molecular formula is C62H108NO8+. The molecule has 0 fully saturated rings. The van der Waals surface area contributed by atoms with E-state index >= 15 is 0 Å². The van der Waals surface area contributed by atoms with Crippen molar-refractivity contribution in [2.75, 3.05) is 47.5 Å². The van der Waals surface area contributed by atoms with Crippen molar-refractivity contribution in [1.29, 1.82) is 0 Å². The molecule has 0 spiro atoms. The largest absolute Gasteiger partial charge is 0.477 e. The zero-order valence-electron chi connectivity index (χ0n) is 46.4. The lowest BCUT2D eigenvalue weighted by molar-refractivity contribution is -0.870. The Bertz CT molecular complexity index is 1440. The molecule has 0 radical (unpaired) electrons. The maximum absolute atomic E-state index is 12.8. The first-order valence-corrected chi connectivity index (χ1v) is 28.8. The van der Waals surface area contributed by atoms with Crippen molar-refractivity contribution in [3.05, 3.63) is 85.1 Å². The summed E-state index contributed by atoms with van der Waals surface area (Å²) in [7, 11) is 5.95. The number of carboxylic acids is 1. The molecule has 9 nitrogen and oxygen atoms in total. The summed E-state index contributed by atoms with van der Waals surface area (Å²) in [6.45, 7) is 4.72. The number of esters is 2. The molecule has 9 heteroatoms. The molecule has 0 aromatic carbocycles. The number of hydrogen-bond acceptors (Lipinski definition) is 7. The lowest BCUT2D eigenvalue weighted by atomic mass is 10.0. The number of likely N-dealkylation sites (N-methyl/N-ethyl adjacent to an activating group) is 1. The molecule has 0 bridgehead atoms. The van der Waals surface area contributed by atoms with E-state index in [1.165, 1.54) is 116 Å². The maximum atomic E-state index is 12.8. The van der Waals surface area contributed by atoms with Crippen LogP contribution in [-0.4, -0.2) is 87.4 Å². The minimum absolute atomic E-state index is 0.179. The quantitative estimate of drug-likeness (QED) is 0.0211. The van der Waals surface area contributed by atoms with Crippen LogP contribution in [0.5, 0.6) is 0 Å². The molecule has 0 saturated heterocycles. The third-order valence-corrected chi connectivity index (χ3v) is 12.1. The number of carbonyl (C=O) groups excluding carboxylic acids is 2. The van der Waals surface area contributed by atoms with E-state index in [1.807, 2.05) is 21.1 Å². The normalized spacial score (nSPS) is 13.4. The summed E-state index contributed by atoms with van der Waals surface area (Å²) < 4.78 is 22.8. The van der Waals surface area contributed by atoms with Crippen LogP contribution < -0.4 is 0 Å². The van der Waals surface area contributed by atoms with Gasteiger partial charge in [0.1, 0.15) is 13.2 Å². The van der Waals surface area contributed by atoms with Gasteiger partial charge in [-0.05, 0) is 89.9 Å². The smallest absolute Gasteiger partial charge is 0.361 e. The Morgan fingerprint density at radius 1 is 0.437 bits per heavy atom. The average Bonchev–Trinajstić information content (AvgIpc) is 3.34. The molecule has 0 amide bonds. The minimum atomic E-state index is -1.52. The van der Waals surface area contributed by atoms with Gasteiger partial charge in [0.2, 0.25) is 0 Å². The zero-order valence-corrected chi connectivity index (χ0v) is 46.4. The van der Waals surface area contributed by atoms with Gasteiger partial charge in [0.15, 0.2) is 6.10 Å². The van der Waals surface area contributed by atoms with Crippen LogP contribution >= 0.6 is 0 Å². The Morgan fingerprint density at radius 3 is 1.20 bits per heavy atom. The molecule has 0 aliphatic heterocycles. The topological polar surface area (TPSA) is 108 Å². The highest BCUT2D eigenvalue weighted by Gasteiger charge is 2.25. The summed E-state index contributed by atoms with van der Waals surface area (Å²) in [6.07, 6.45) is 66.6. The highest BCUT2D eigenvalue weighted by molar-refractivity contribution is 5.71. The average molecular weight is 996 g/mol. The predicted molar refractivity (Wildman–Crippen MR) is 299 cm³/mol. The number of aliphatic carboxylic acids is 1. The van der Waals surface area contributed by atoms with E-state index in [0.717, 1.165) is 83.5 Å². The van der Waals surface area contributed by atoms with E-state index in [9.17, 15) is 19.5 Å². The molecule has 0 saturated carbocycles. The van der Waals surface area contributed by atoms with Gasteiger partial charge >= 0.3 is 17.9 Å². The van der Waals surface area contributed by atoms with Crippen LogP contribution in [0.25, 0.3) is 0 Å². The first-order valence-electron chi connectivity index (χ1n) is 28.8. The molecule has 0 aromatic rings. The van der Waals surface area contributed by atoms with Gasteiger partial charge in [-0.2, -0.15) is 0 Å². The van der Waals surface area contributed by atoms with Crippen LogP contribution in [0.4, 0.5) is 0 Å². The molecule has 71 heavy (non-hydrogen) atoms. The fourth-order valence-electron chi connectivity index (χ4n) is 7.72. The predicted octanol–water partition coefficient (Wildman–Crippen LogP) is 16.8. The summed E-state index contributed by atoms with van der Waals surface area (Å²) >= 11 is 0. The molecule has 0 rings (SSSR count). The molecule has 0 heterocycles. The molecule has 2 unspecified atom stereocenters. The van der Waals surface area contributed by atoms with E-state index < -0.39 is 24.3 Å². The molecule has 0 aliphatic carbocycles. The van der Waals surface area contributed by atoms with Crippen molar-refractivity contribution in [2.45, 2.75) is 245 Å². The first-order chi connectivity index (χ1) is 34.6. The van der Waals surface area contributed by atoms with Crippen molar-refractivity contribution < 1.29 is 42.9 Å². The number of carbonyl (C=O) groups is 3. The standard InChI is InChI=1S/C62H107NO8/c1-6-8-10-12-14-16-18-20-22-24-25-26-27-28-29-30-31-32-33-34-35-37-38-40-42-44-46-48-50-52-59(64)69-56-58(57-70-62(61(66)67)68-55-54-63(3,4)5)71-60(65)53-51-49-47-45-43-41-39-36-23-21-19-17-15-13-11-9-7-2/h9,11,15,17-18,20-21,23-25,27-28,39,41,58,62H,6-8,10,12-14,16,19,22,26,29-38,40,42-57H2,1-5H3/p+1/b11-9-,17-15-,20-18-,23-21-,25-24-,28-27-,41-39-. The van der Waals surface area contributed by atoms with E-state index in [-0.39, 0.29) is 32.2 Å². The second-order valence-electron chi connectivity index (χ2n) is 20.2. The fourth-order valence-corrected chi connectivity index (χ4v) is 7.72. The van der Waals surface area contributed by atoms with Gasteiger partial charge in [0, 0.05) is 12.8 Å². The second-order valence-corrected chi connectivity index (χ2v) is 20.2. The number of unbranched alkanes of at least 4 members (excludes halogenated alkanes) is 23. The van der Waals surface area contributed by atoms with Crippen LogP contribution in [0.3, 0.4) is 0 Å². The number of quaternary nitrogens is 1. The fraction of sp³-hybridized carbons (Fsp3) is 0.726. The van der Waals surface area contributed by atoms with Crippen molar-refractivity contribution in [3.8, 4) is 0 Å². The Labute approximate surface area is 436 Å². The van der Waals surface area contributed by atoms with Gasteiger partial charge in [0.05, 0.1) is 34.4 Å². The Morgan fingerprint density at radius 2 is 0.803 bits per heavy atom. The van der Waals surface area contributed by atoms with Gasteiger partial charge in [-0.3, -0.25) is 9.59 Å². The number of hydrogen-bond donors (Lipinski definition) is 1. The summed E-state index contributed by atoms with van der Waals surface area (Å²) in [5.74, 6) is -2.04. The van der Waals surface area contributed by atoms with E-state index in [2.05, 4.69) is 98.9 Å². The van der Waals surface area contributed by atoms with Crippen LogP contribution in [-0.2, 0) is 33.3 Å². The number of rotatable bonds is 52. The van der Waals surface area contributed by atoms with Crippen molar-refractivity contribution in [2.24, 2.45) is 0 Å². The summed E-state index contributed by atoms with van der Waals surface area (Å²) in [6, 6.07) is 0. The third-order valence-electron chi connectivity index (χ3n) is 12.1. The van der Waals surface area contributed by atoms with Gasteiger partial charge in [-0.15, -0.1) is 0 Å². The zero-order chi connectivity index (χ0) is 52.0. The molecule has 0 aliphatic rings.